The van der Waals surface area contributed by atoms with Gasteiger partial charge in [-0.2, -0.15) is 0 Å². The molecule has 1 N–H and O–H groups in total. The van der Waals surface area contributed by atoms with Crippen LogP contribution in [0.4, 0.5) is 0 Å². The maximum absolute atomic E-state index is 12.6. The Labute approximate surface area is 120 Å². The van der Waals surface area contributed by atoms with E-state index in [-0.39, 0.29) is 23.9 Å². The van der Waals surface area contributed by atoms with E-state index >= 15 is 0 Å². The number of fused-ring (bicyclic) bond motifs is 1. The lowest BCUT2D eigenvalue weighted by Crippen LogP contribution is -2.42. The fraction of sp³-hybridized carbons (Fsp3) is 0.533. The smallest absolute Gasteiger partial charge is 0.254 e. The van der Waals surface area contributed by atoms with E-state index in [9.17, 15) is 4.79 Å². The first-order valence-electron chi connectivity index (χ1n) is 6.72. The van der Waals surface area contributed by atoms with Crippen molar-refractivity contribution in [3.05, 3.63) is 34.9 Å². The SMILES string of the molecule is CC1(C)CCCN1C(=O)c1ccc2c(c1)CNC2.Cl. The topological polar surface area (TPSA) is 32.3 Å². The van der Waals surface area contributed by atoms with Crippen LogP contribution in [0.1, 0.15) is 48.2 Å². The number of carbonyl (C=O) groups excluding carboxylic acids is 1. The summed E-state index contributed by atoms with van der Waals surface area (Å²) in [6.45, 7) is 7.03. The maximum atomic E-state index is 12.6. The van der Waals surface area contributed by atoms with Crippen LogP contribution in [0.3, 0.4) is 0 Å². The number of hydrogen-bond acceptors (Lipinski definition) is 2. The van der Waals surface area contributed by atoms with Gasteiger partial charge in [-0.3, -0.25) is 4.79 Å². The van der Waals surface area contributed by atoms with Crippen LogP contribution in [-0.2, 0) is 13.1 Å². The van der Waals surface area contributed by atoms with Gasteiger partial charge in [0.2, 0.25) is 0 Å². The molecular weight excluding hydrogens is 260 g/mol. The lowest BCUT2D eigenvalue weighted by molar-refractivity contribution is 0.0652. The third-order valence-electron chi connectivity index (χ3n) is 4.23. The molecule has 0 unspecified atom stereocenters. The summed E-state index contributed by atoms with van der Waals surface area (Å²) in [6.07, 6.45) is 2.22. The molecule has 2 aliphatic heterocycles. The third-order valence-corrected chi connectivity index (χ3v) is 4.23. The monoisotopic (exact) mass is 280 g/mol. The molecule has 1 saturated heterocycles. The van der Waals surface area contributed by atoms with E-state index in [0.29, 0.717) is 0 Å². The molecule has 4 heteroatoms. The lowest BCUT2D eigenvalue weighted by atomic mass is 10.0. The van der Waals surface area contributed by atoms with Crippen LogP contribution in [0, 0.1) is 0 Å². The van der Waals surface area contributed by atoms with E-state index in [1.807, 2.05) is 11.0 Å². The number of hydrogen-bond donors (Lipinski definition) is 1. The van der Waals surface area contributed by atoms with E-state index in [4.69, 9.17) is 0 Å². The van der Waals surface area contributed by atoms with Gasteiger partial charge in [0, 0.05) is 30.7 Å². The first kappa shape index (κ1) is 14.4. The fourth-order valence-electron chi connectivity index (χ4n) is 3.07. The standard InChI is InChI=1S/C15H20N2O.ClH/c1-15(2)6-3-7-17(15)14(18)11-4-5-12-9-16-10-13(12)8-11;/h4-5,8,16H,3,6-7,9-10H2,1-2H3;1H. The highest BCUT2D eigenvalue weighted by atomic mass is 35.5. The highest BCUT2D eigenvalue weighted by Crippen LogP contribution is 2.30. The van der Waals surface area contributed by atoms with Crippen molar-refractivity contribution in [3.8, 4) is 0 Å². The van der Waals surface area contributed by atoms with Gasteiger partial charge in [0.25, 0.3) is 5.91 Å². The zero-order valence-electron chi connectivity index (χ0n) is 11.5. The summed E-state index contributed by atoms with van der Waals surface area (Å²) in [4.78, 5) is 14.6. The van der Waals surface area contributed by atoms with Gasteiger partial charge in [-0.15, -0.1) is 12.4 Å². The minimum atomic E-state index is 0. The second-order valence-electron chi connectivity index (χ2n) is 5.96. The van der Waals surface area contributed by atoms with Gasteiger partial charge in [0.1, 0.15) is 0 Å². The molecule has 1 aromatic carbocycles. The molecule has 3 rings (SSSR count). The minimum Gasteiger partial charge on any atom is -0.334 e. The van der Waals surface area contributed by atoms with Crippen LogP contribution in [0.15, 0.2) is 18.2 Å². The summed E-state index contributed by atoms with van der Waals surface area (Å²) in [5.41, 5.74) is 3.45. The second-order valence-corrected chi connectivity index (χ2v) is 5.96. The summed E-state index contributed by atoms with van der Waals surface area (Å²) in [7, 11) is 0. The van der Waals surface area contributed by atoms with Gasteiger partial charge < -0.3 is 10.2 Å². The molecule has 3 nitrogen and oxygen atoms in total. The van der Waals surface area contributed by atoms with Crippen molar-refractivity contribution in [2.45, 2.75) is 45.3 Å². The Morgan fingerprint density at radius 1 is 1.26 bits per heavy atom. The van der Waals surface area contributed by atoms with Gasteiger partial charge in [-0.1, -0.05) is 6.07 Å². The van der Waals surface area contributed by atoms with Crippen molar-refractivity contribution in [3.63, 3.8) is 0 Å². The van der Waals surface area contributed by atoms with Crippen molar-refractivity contribution >= 4 is 18.3 Å². The Hall–Kier alpha value is -1.06. The van der Waals surface area contributed by atoms with Crippen LogP contribution in [-0.4, -0.2) is 22.9 Å². The number of nitrogens with one attached hydrogen (secondary N) is 1. The molecule has 0 radical (unpaired) electrons. The quantitative estimate of drug-likeness (QED) is 0.858. The average Bonchev–Trinajstić information content (AvgIpc) is 2.92. The van der Waals surface area contributed by atoms with Crippen molar-refractivity contribution < 1.29 is 4.79 Å². The number of likely N-dealkylation sites (tertiary alicyclic amines) is 1. The Morgan fingerprint density at radius 2 is 2.00 bits per heavy atom. The molecule has 2 aliphatic rings. The molecule has 0 aromatic heterocycles. The summed E-state index contributed by atoms with van der Waals surface area (Å²) in [5, 5.41) is 3.31. The highest BCUT2D eigenvalue weighted by Gasteiger charge is 2.35. The third kappa shape index (κ3) is 2.49. The number of nitrogens with zero attached hydrogens (tertiary/aromatic N) is 1. The molecule has 0 bridgehead atoms. The molecule has 1 aromatic rings. The predicted molar refractivity (Wildman–Crippen MR) is 78.6 cm³/mol. The zero-order chi connectivity index (χ0) is 12.8. The van der Waals surface area contributed by atoms with Gasteiger partial charge in [0.05, 0.1) is 0 Å². The average molecular weight is 281 g/mol. The molecule has 19 heavy (non-hydrogen) atoms. The van der Waals surface area contributed by atoms with E-state index in [0.717, 1.165) is 38.0 Å². The van der Waals surface area contributed by atoms with E-state index in [2.05, 4.69) is 31.3 Å². The van der Waals surface area contributed by atoms with Crippen LogP contribution in [0.5, 0.6) is 0 Å². The fourth-order valence-corrected chi connectivity index (χ4v) is 3.07. The molecule has 104 valence electrons. The molecule has 0 spiro atoms. The molecule has 0 aliphatic carbocycles. The first-order chi connectivity index (χ1) is 8.58. The van der Waals surface area contributed by atoms with Crippen molar-refractivity contribution in [1.29, 1.82) is 0 Å². The lowest BCUT2D eigenvalue weighted by Gasteiger charge is -2.31. The predicted octanol–water partition coefficient (Wildman–Crippen LogP) is 2.73. The second kappa shape index (κ2) is 5.14. The summed E-state index contributed by atoms with van der Waals surface area (Å²) in [5.74, 6) is 0.187. The molecule has 1 fully saturated rings. The summed E-state index contributed by atoms with van der Waals surface area (Å²) < 4.78 is 0. The van der Waals surface area contributed by atoms with Crippen molar-refractivity contribution in [2.75, 3.05) is 6.54 Å². The highest BCUT2D eigenvalue weighted by molar-refractivity contribution is 5.95. The zero-order valence-corrected chi connectivity index (χ0v) is 12.3. The Morgan fingerprint density at radius 3 is 2.68 bits per heavy atom. The number of carbonyl (C=O) groups is 1. The number of rotatable bonds is 1. The van der Waals surface area contributed by atoms with E-state index < -0.39 is 0 Å². The van der Waals surface area contributed by atoms with Crippen LogP contribution < -0.4 is 5.32 Å². The van der Waals surface area contributed by atoms with Crippen molar-refractivity contribution in [2.24, 2.45) is 0 Å². The number of amides is 1. The maximum Gasteiger partial charge on any atom is 0.254 e. The molecule has 0 saturated carbocycles. The molecular formula is C15H21ClN2O. The Kier molecular flexibility index (Phi) is 3.88. The summed E-state index contributed by atoms with van der Waals surface area (Å²) >= 11 is 0. The van der Waals surface area contributed by atoms with Crippen molar-refractivity contribution in [1.82, 2.24) is 10.2 Å². The van der Waals surface area contributed by atoms with Crippen LogP contribution >= 0.6 is 12.4 Å². The Bertz CT molecular complexity index is 499. The minimum absolute atomic E-state index is 0. The van der Waals surface area contributed by atoms with Crippen LogP contribution in [0.25, 0.3) is 0 Å². The normalized spacial score (nSPS) is 20.0. The number of benzene rings is 1. The van der Waals surface area contributed by atoms with E-state index in [1.54, 1.807) is 0 Å². The number of halogens is 1. The molecule has 1 amide bonds. The van der Waals surface area contributed by atoms with Crippen LogP contribution in [0.2, 0.25) is 0 Å². The molecule has 2 heterocycles. The van der Waals surface area contributed by atoms with E-state index in [1.165, 1.54) is 11.1 Å². The van der Waals surface area contributed by atoms with Gasteiger partial charge in [0.15, 0.2) is 0 Å². The Balaban J connectivity index is 0.00000133. The summed E-state index contributed by atoms with van der Waals surface area (Å²) in [6, 6.07) is 6.13. The largest absolute Gasteiger partial charge is 0.334 e. The van der Waals surface area contributed by atoms with Gasteiger partial charge in [-0.25, -0.2) is 0 Å². The van der Waals surface area contributed by atoms with Gasteiger partial charge >= 0.3 is 0 Å². The molecule has 0 atom stereocenters. The first-order valence-corrected chi connectivity index (χ1v) is 6.72. The van der Waals surface area contributed by atoms with Gasteiger partial charge in [-0.05, 0) is 49.9 Å².